The lowest BCUT2D eigenvalue weighted by Crippen LogP contribution is -2.04. The smallest absolute Gasteiger partial charge is 0.0939 e. The Morgan fingerprint density at radius 2 is 1.75 bits per heavy atom. The molecule has 0 nitrogen and oxygen atoms in total. The van der Waals surface area contributed by atoms with Crippen LogP contribution in [0.2, 0.25) is 0 Å². The second kappa shape index (κ2) is 6.64. The van der Waals surface area contributed by atoms with Crippen molar-refractivity contribution in [2.24, 2.45) is 0 Å². The van der Waals surface area contributed by atoms with E-state index in [9.17, 15) is 0 Å². The van der Waals surface area contributed by atoms with E-state index < -0.39 is 0 Å². The highest BCUT2D eigenvalue weighted by molar-refractivity contribution is 9.10. The largest absolute Gasteiger partial charge is 0.146 e. The zero-order valence-electron chi connectivity index (χ0n) is 11.3. The minimum atomic E-state index is -0.0511. The third-order valence-electron chi connectivity index (χ3n) is 4.18. The van der Waals surface area contributed by atoms with Crippen LogP contribution in [0.5, 0.6) is 0 Å². The first kappa shape index (κ1) is 14.6. The van der Waals surface area contributed by atoms with E-state index in [1.165, 1.54) is 48.1 Å². The first-order chi connectivity index (χ1) is 9.75. The highest BCUT2D eigenvalue weighted by atomic mass is 79.9. The molecule has 0 N–H and O–H groups in total. The number of benzene rings is 1. The summed E-state index contributed by atoms with van der Waals surface area (Å²) in [4.78, 5) is 1.19. The van der Waals surface area contributed by atoms with Crippen LogP contribution in [-0.2, 0) is 0 Å². The van der Waals surface area contributed by atoms with Crippen molar-refractivity contribution in [2.75, 3.05) is 0 Å². The molecule has 0 bridgehead atoms. The highest BCUT2D eigenvalue weighted by Crippen LogP contribution is 2.38. The maximum Gasteiger partial charge on any atom is 0.0939 e. The van der Waals surface area contributed by atoms with Crippen LogP contribution in [0, 0.1) is 0 Å². The van der Waals surface area contributed by atoms with Crippen molar-refractivity contribution in [3.05, 3.63) is 56.2 Å². The van der Waals surface area contributed by atoms with Crippen molar-refractivity contribution in [2.45, 2.75) is 43.4 Å². The summed E-state index contributed by atoms with van der Waals surface area (Å²) >= 11 is 11.9. The van der Waals surface area contributed by atoms with Gasteiger partial charge in [0.1, 0.15) is 0 Å². The predicted molar refractivity (Wildman–Crippen MR) is 92.0 cm³/mol. The van der Waals surface area contributed by atoms with Gasteiger partial charge in [-0.2, -0.15) is 0 Å². The molecule has 1 fully saturated rings. The first-order valence-electron chi connectivity index (χ1n) is 7.22. The second-order valence-corrected chi connectivity index (χ2v) is 7.74. The minimum Gasteiger partial charge on any atom is -0.146 e. The third-order valence-corrected chi connectivity index (χ3v) is 6.72. The molecule has 1 aromatic heterocycles. The van der Waals surface area contributed by atoms with Gasteiger partial charge in [0.25, 0.3) is 0 Å². The van der Waals surface area contributed by atoms with Crippen molar-refractivity contribution in [3.8, 4) is 0 Å². The van der Waals surface area contributed by atoms with E-state index in [1.54, 1.807) is 11.3 Å². The molecule has 1 unspecified atom stereocenters. The maximum absolute atomic E-state index is 6.60. The van der Waals surface area contributed by atoms with Crippen LogP contribution >= 0.6 is 38.9 Å². The molecular weight excluding hydrogens is 352 g/mol. The van der Waals surface area contributed by atoms with Crippen LogP contribution in [0.4, 0.5) is 0 Å². The summed E-state index contributed by atoms with van der Waals surface area (Å²) in [5, 5.41) is 2.02. The van der Waals surface area contributed by atoms with Crippen molar-refractivity contribution in [1.82, 2.24) is 0 Å². The van der Waals surface area contributed by atoms with Crippen LogP contribution < -0.4 is 0 Å². The Hall–Kier alpha value is -0.310. The van der Waals surface area contributed by atoms with Gasteiger partial charge in [0.05, 0.1) is 5.38 Å². The molecule has 0 amide bonds. The highest BCUT2D eigenvalue weighted by Gasteiger charge is 2.18. The molecule has 1 heterocycles. The Balaban J connectivity index is 1.77. The van der Waals surface area contributed by atoms with E-state index in [0.29, 0.717) is 0 Å². The number of alkyl halides is 1. The van der Waals surface area contributed by atoms with Crippen LogP contribution in [0.1, 0.15) is 59.4 Å². The van der Waals surface area contributed by atoms with Gasteiger partial charge in [-0.15, -0.1) is 22.9 Å². The number of halogens is 2. The molecule has 1 aromatic carbocycles. The molecule has 1 aliphatic carbocycles. The van der Waals surface area contributed by atoms with Crippen LogP contribution in [0.15, 0.2) is 40.2 Å². The summed E-state index contributed by atoms with van der Waals surface area (Å²) in [6, 6.07) is 11.0. The van der Waals surface area contributed by atoms with E-state index in [-0.39, 0.29) is 5.38 Å². The van der Waals surface area contributed by atoms with E-state index in [1.807, 2.05) is 0 Å². The number of rotatable bonds is 3. The van der Waals surface area contributed by atoms with Crippen molar-refractivity contribution in [3.63, 3.8) is 0 Å². The lowest BCUT2D eigenvalue weighted by atomic mass is 9.84. The van der Waals surface area contributed by atoms with Crippen molar-refractivity contribution < 1.29 is 0 Å². The summed E-state index contributed by atoms with van der Waals surface area (Å²) in [5.41, 5.74) is 2.68. The topological polar surface area (TPSA) is 0 Å². The fourth-order valence-corrected chi connectivity index (χ4v) is 5.16. The SMILES string of the molecule is ClC(c1ccc(C2CCCCC2)cc1)c1sccc1Br. The Kier molecular flexibility index (Phi) is 4.85. The number of hydrogen-bond donors (Lipinski definition) is 0. The Labute approximate surface area is 138 Å². The molecule has 3 heteroatoms. The summed E-state index contributed by atoms with van der Waals surface area (Å²) in [6.45, 7) is 0. The predicted octanol–water partition coefficient (Wildman–Crippen LogP) is 6.89. The Bertz CT molecular complexity index is 555. The van der Waals surface area contributed by atoms with Gasteiger partial charge < -0.3 is 0 Å². The van der Waals surface area contributed by atoms with Gasteiger partial charge in [-0.1, -0.05) is 43.5 Å². The molecule has 0 aliphatic heterocycles. The fourth-order valence-electron chi connectivity index (χ4n) is 3.01. The van der Waals surface area contributed by atoms with E-state index >= 15 is 0 Å². The monoisotopic (exact) mass is 368 g/mol. The lowest BCUT2D eigenvalue weighted by Gasteiger charge is -2.22. The van der Waals surface area contributed by atoms with Gasteiger partial charge >= 0.3 is 0 Å². The molecule has 106 valence electrons. The second-order valence-electron chi connectivity index (χ2n) is 5.50. The molecule has 20 heavy (non-hydrogen) atoms. The van der Waals surface area contributed by atoms with Crippen LogP contribution in [-0.4, -0.2) is 0 Å². The summed E-state index contributed by atoms with van der Waals surface area (Å²) < 4.78 is 1.11. The quantitative estimate of drug-likeness (QED) is 0.517. The summed E-state index contributed by atoms with van der Waals surface area (Å²) in [5.74, 6) is 0.764. The molecular formula is C17H18BrClS. The van der Waals surface area contributed by atoms with Gasteiger partial charge in [-0.3, -0.25) is 0 Å². The average Bonchev–Trinajstić information content (AvgIpc) is 2.94. The zero-order chi connectivity index (χ0) is 13.9. The summed E-state index contributed by atoms with van der Waals surface area (Å²) in [6.07, 6.45) is 6.87. The molecule has 1 aliphatic rings. The van der Waals surface area contributed by atoms with Gasteiger partial charge in [-0.25, -0.2) is 0 Å². The molecule has 0 spiro atoms. The molecule has 0 saturated heterocycles. The third kappa shape index (κ3) is 3.13. The lowest BCUT2D eigenvalue weighted by molar-refractivity contribution is 0.443. The zero-order valence-corrected chi connectivity index (χ0v) is 14.5. The van der Waals surface area contributed by atoms with Crippen LogP contribution in [0.3, 0.4) is 0 Å². The van der Waals surface area contributed by atoms with Crippen molar-refractivity contribution in [1.29, 1.82) is 0 Å². The standard InChI is InChI=1S/C17H18BrClS/c18-15-10-11-20-17(15)16(19)14-8-6-13(7-9-14)12-4-2-1-3-5-12/h6-12,16H,1-5H2. The molecule has 1 atom stereocenters. The number of thiophene rings is 1. The average molecular weight is 370 g/mol. The van der Waals surface area contributed by atoms with Gasteiger partial charge in [-0.05, 0) is 57.3 Å². The van der Waals surface area contributed by atoms with Crippen molar-refractivity contribution >= 4 is 38.9 Å². The maximum atomic E-state index is 6.60. The van der Waals surface area contributed by atoms with Gasteiger partial charge in [0.15, 0.2) is 0 Å². The normalized spacial score (nSPS) is 18.1. The first-order valence-corrected chi connectivity index (χ1v) is 9.33. The van der Waals surface area contributed by atoms with Gasteiger partial charge in [0.2, 0.25) is 0 Å². The Morgan fingerprint density at radius 1 is 1.05 bits per heavy atom. The van der Waals surface area contributed by atoms with E-state index in [4.69, 9.17) is 11.6 Å². The summed E-state index contributed by atoms with van der Waals surface area (Å²) in [7, 11) is 0. The number of hydrogen-bond acceptors (Lipinski definition) is 1. The molecule has 2 aromatic rings. The molecule has 0 radical (unpaired) electrons. The van der Waals surface area contributed by atoms with Crippen LogP contribution in [0.25, 0.3) is 0 Å². The van der Waals surface area contributed by atoms with E-state index in [0.717, 1.165) is 10.4 Å². The van der Waals surface area contributed by atoms with E-state index in [2.05, 4.69) is 51.6 Å². The Morgan fingerprint density at radius 3 is 2.35 bits per heavy atom. The minimum absolute atomic E-state index is 0.0511. The van der Waals surface area contributed by atoms with Gasteiger partial charge in [0, 0.05) is 9.35 Å². The molecule has 1 saturated carbocycles. The molecule has 3 rings (SSSR count). The fraction of sp³-hybridized carbons (Fsp3) is 0.412.